The van der Waals surface area contributed by atoms with Crippen LogP contribution in [0, 0.1) is 12.7 Å². The molecule has 1 aliphatic rings. The molecular formula is C17H22FN3OS. The predicted octanol–water partition coefficient (Wildman–Crippen LogP) is 2.84. The first-order chi connectivity index (χ1) is 11.1. The van der Waals surface area contributed by atoms with Gasteiger partial charge in [0.25, 0.3) is 0 Å². The molecule has 1 aromatic heterocycles. The topological polar surface area (TPSA) is 39.6 Å². The Bertz CT molecular complexity index is 631. The lowest BCUT2D eigenvalue weighted by molar-refractivity contribution is 0.117. The third-order valence-corrected chi connectivity index (χ3v) is 5.17. The Morgan fingerprint density at radius 2 is 2.00 bits per heavy atom. The third-order valence-electron chi connectivity index (χ3n) is 4.15. The molecular weight excluding hydrogens is 313 g/mol. The first-order valence-corrected chi connectivity index (χ1v) is 8.83. The van der Waals surface area contributed by atoms with E-state index in [4.69, 9.17) is 0 Å². The highest BCUT2D eigenvalue weighted by Gasteiger charge is 2.19. The summed E-state index contributed by atoms with van der Waals surface area (Å²) in [5.74, 6) is -0.273. The summed E-state index contributed by atoms with van der Waals surface area (Å²) >= 11 is 1.69. The smallest absolute Gasteiger partial charge is 0.185 e. The van der Waals surface area contributed by atoms with E-state index < -0.39 is 6.10 Å². The van der Waals surface area contributed by atoms with Crippen molar-refractivity contribution in [3.8, 4) is 0 Å². The van der Waals surface area contributed by atoms with Gasteiger partial charge in [-0.25, -0.2) is 9.37 Å². The Labute approximate surface area is 140 Å². The molecule has 0 spiro atoms. The molecule has 124 valence electrons. The van der Waals surface area contributed by atoms with Crippen LogP contribution < -0.4 is 4.90 Å². The van der Waals surface area contributed by atoms with Crippen molar-refractivity contribution in [3.63, 3.8) is 0 Å². The summed E-state index contributed by atoms with van der Waals surface area (Å²) in [7, 11) is 0. The SMILES string of the molecule is Cc1csc(N2CCCN(C[C@H](O)c3ccc(F)cc3)CC2)n1. The maximum absolute atomic E-state index is 13.0. The Balaban J connectivity index is 1.56. The van der Waals surface area contributed by atoms with E-state index in [0.29, 0.717) is 6.54 Å². The summed E-state index contributed by atoms with van der Waals surface area (Å²) in [6.45, 7) is 6.37. The average molecular weight is 335 g/mol. The molecule has 0 radical (unpaired) electrons. The van der Waals surface area contributed by atoms with Gasteiger partial charge >= 0.3 is 0 Å². The Kier molecular flexibility index (Phi) is 5.25. The molecule has 2 heterocycles. The van der Waals surface area contributed by atoms with Crippen molar-refractivity contribution < 1.29 is 9.50 Å². The van der Waals surface area contributed by atoms with E-state index in [9.17, 15) is 9.50 Å². The molecule has 6 heteroatoms. The molecule has 3 rings (SSSR count). The largest absolute Gasteiger partial charge is 0.387 e. The highest BCUT2D eigenvalue weighted by atomic mass is 32.1. The molecule has 4 nitrogen and oxygen atoms in total. The van der Waals surface area contributed by atoms with E-state index in [1.165, 1.54) is 12.1 Å². The number of aryl methyl sites for hydroxylation is 1. The minimum absolute atomic E-state index is 0.273. The zero-order valence-electron chi connectivity index (χ0n) is 13.3. The fourth-order valence-corrected chi connectivity index (χ4v) is 3.72. The number of halogens is 1. The van der Waals surface area contributed by atoms with Crippen LogP contribution in [-0.4, -0.2) is 47.7 Å². The van der Waals surface area contributed by atoms with Crippen LogP contribution in [0.15, 0.2) is 29.6 Å². The first-order valence-electron chi connectivity index (χ1n) is 7.95. The summed E-state index contributed by atoms with van der Waals surface area (Å²) in [6.07, 6.45) is 0.471. The number of thiazole rings is 1. The standard InChI is InChI=1S/C17H22FN3OS/c1-13-12-23-17(19-13)21-8-2-7-20(9-10-21)11-16(22)14-3-5-15(18)6-4-14/h3-6,12,16,22H,2,7-11H2,1H3/t16-/m0/s1. The molecule has 0 unspecified atom stereocenters. The van der Waals surface area contributed by atoms with Crippen molar-refractivity contribution in [1.82, 2.24) is 9.88 Å². The molecule has 0 aliphatic carbocycles. The number of hydrogen-bond donors (Lipinski definition) is 1. The van der Waals surface area contributed by atoms with E-state index in [2.05, 4.69) is 20.2 Å². The van der Waals surface area contributed by atoms with Crippen LogP contribution in [0.4, 0.5) is 9.52 Å². The van der Waals surface area contributed by atoms with Gasteiger partial charge in [0.15, 0.2) is 5.13 Å². The number of benzene rings is 1. The van der Waals surface area contributed by atoms with Crippen LogP contribution in [-0.2, 0) is 0 Å². The van der Waals surface area contributed by atoms with Gasteiger partial charge in [0.2, 0.25) is 0 Å². The number of aliphatic hydroxyl groups excluding tert-OH is 1. The van der Waals surface area contributed by atoms with Gasteiger partial charge < -0.3 is 10.0 Å². The normalized spacial score (nSPS) is 18.0. The average Bonchev–Trinajstić information content (AvgIpc) is 2.83. The molecule has 0 bridgehead atoms. The van der Waals surface area contributed by atoms with Crippen LogP contribution in [0.2, 0.25) is 0 Å². The second-order valence-electron chi connectivity index (χ2n) is 5.98. The Morgan fingerprint density at radius 3 is 2.70 bits per heavy atom. The second kappa shape index (κ2) is 7.38. The fourth-order valence-electron chi connectivity index (χ4n) is 2.87. The van der Waals surface area contributed by atoms with Gasteiger partial charge in [-0.05, 0) is 31.0 Å². The van der Waals surface area contributed by atoms with Crippen molar-refractivity contribution in [3.05, 3.63) is 46.7 Å². The number of rotatable bonds is 4. The monoisotopic (exact) mass is 335 g/mol. The molecule has 1 saturated heterocycles. The van der Waals surface area contributed by atoms with Gasteiger partial charge in [0, 0.05) is 38.1 Å². The molecule has 0 amide bonds. The summed E-state index contributed by atoms with van der Waals surface area (Å²) in [6, 6.07) is 6.10. The second-order valence-corrected chi connectivity index (χ2v) is 6.82. The van der Waals surface area contributed by atoms with Crippen molar-refractivity contribution in [2.45, 2.75) is 19.4 Å². The van der Waals surface area contributed by atoms with Crippen molar-refractivity contribution >= 4 is 16.5 Å². The van der Waals surface area contributed by atoms with E-state index in [1.54, 1.807) is 23.5 Å². The minimum Gasteiger partial charge on any atom is -0.387 e. The van der Waals surface area contributed by atoms with Crippen LogP contribution in [0.3, 0.4) is 0 Å². The summed E-state index contributed by atoms with van der Waals surface area (Å²) in [4.78, 5) is 9.15. The van der Waals surface area contributed by atoms with Crippen molar-refractivity contribution in [2.75, 3.05) is 37.6 Å². The lowest BCUT2D eigenvalue weighted by atomic mass is 10.1. The van der Waals surface area contributed by atoms with E-state index in [1.807, 2.05) is 6.92 Å². The van der Waals surface area contributed by atoms with Gasteiger partial charge in [-0.1, -0.05) is 12.1 Å². The van der Waals surface area contributed by atoms with Gasteiger partial charge in [-0.2, -0.15) is 0 Å². The van der Waals surface area contributed by atoms with Crippen molar-refractivity contribution in [2.24, 2.45) is 0 Å². The van der Waals surface area contributed by atoms with E-state index in [-0.39, 0.29) is 5.82 Å². The lowest BCUT2D eigenvalue weighted by Crippen LogP contribution is -2.33. The molecule has 2 aromatic rings. The number of anilines is 1. The Hall–Kier alpha value is -1.50. The predicted molar refractivity (Wildman–Crippen MR) is 91.5 cm³/mol. The van der Waals surface area contributed by atoms with E-state index >= 15 is 0 Å². The summed E-state index contributed by atoms with van der Waals surface area (Å²) in [5, 5.41) is 13.5. The number of nitrogens with zero attached hydrogens (tertiary/aromatic N) is 3. The molecule has 1 aliphatic heterocycles. The van der Waals surface area contributed by atoms with Crippen LogP contribution >= 0.6 is 11.3 Å². The first kappa shape index (κ1) is 16.4. The highest BCUT2D eigenvalue weighted by Crippen LogP contribution is 2.22. The van der Waals surface area contributed by atoms with Crippen LogP contribution in [0.1, 0.15) is 23.8 Å². The third kappa shape index (κ3) is 4.28. The van der Waals surface area contributed by atoms with Crippen molar-refractivity contribution in [1.29, 1.82) is 0 Å². The maximum Gasteiger partial charge on any atom is 0.185 e. The molecule has 1 N–H and O–H groups in total. The summed E-state index contributed by atoms with van der Waals surface area (Å²) in [5.41, 5.74) is 1.83. The molecule has 1 atom stereocenters. The highest BCUT2D eigenvalue weighted by molar-refractivity contribution is 7.13. The van der Waals surface area contributed by atoms with Gasteiger partial charge in [0.05, 0.1) is 11.8 Å². The molecule has 1 aromatic carbocycles. The quantitative estimate of drug-likeness (QED) is 0.933. The number of β-amino-alcohol motifs (C(OH)–C–C–N with tert-alkyl or cyclic N) is 1. The van der Waals surface area contributed by atoms with Crippen LogP contribution in [0.25, 0.3) is 0 Å². The fraction of sp³-hybridized carbons (Fsp3) is 0.471. The van der Waals surface area contributed by atoms with Gasteiger partial charge in [-0.3, -0.25) is 4.90 Å². The maximum atomic E-state index is 13.0. The molecule has 0 saturated carbocycles. The Morgan fingerprint density at radius 1 is 1.22 bits per heavy atom. The number of aliphatic hydroxyl groups is 1. The van der Waals surface area contributed by atoms with Gasteiger partial charge in [-0.15, -0.1) is 11.3 Å². The minimum atomic E-state index is -0.579. The number of aromatic nitrogens is 1. The zero-order valence-corrected chi connectivity index (χ0v) is 14.1. The molecule has 23 heavy (non-hydrogen) atoms. The van der Waals surface area contributed by atoms with Gasteiger partial charge in [0.1, 0.15) is 5.82 Å². The van der Waals surface area contributed by atoms with Crippen LogP contribution in [0.5, 0.6) is 0 Å². The molecule has 1 fully saturated rings. The van der Waals surface area contributed by atoms with E-state index in [0.717, 1.165) is 49.0 Å². The number of hydrogen-bond acceptors (Lipinski definition) is 5. The summed E-state index contributed by atoms with van der Waals surface area (Å²) < 4.78 is 13.0. The lowest BCUT2D eigenvalue weighted by Gasteiger charge is -2.24. The zero-order chi connectivity index (χ0) is 16.2.